The summed E-state index contributed by atoms with van der Waals surface area (Å²) in [4.78, 5) is 4.05. The largest absolute Gasteiger partial charge is 0.474 e. The fourth-order valence-corrected chi connectivity index (χ4v) is 1.80. The Morgan fingerprint density at radius 1 is 1.41 bits per heavy atom. The highest BCUT2D eigenvalue weighted by molar-refractivity contribution is 6.99. The zero-order valence-electron chi connectivity index (χ0n) is 9.38. The van der Waals surface area contributed by atoms with Gasteiger partial charge in [-0.2, -0.15) is 4.37 Å². The van der Waals surface area contributed by atoms with Crippen LogP contribution in [0.5, 0.6) is 5.88 Å². The van der Waals surface area contributed by atoms with Gasteiger partial charge in [-0.15, -0.1) is 16.2 Å². The first-order chi connectivity index (χ1) is 8.42. The second kappa shape index (κ2) is 5.97. The van der Waals surface area contributed by atoms with Crippen molar-refractivity contribution in [3.63, 3.8) is 0 Å². The lowest BCUT2D eigenvalue weighted by molar-refractivity contribution is 0.318. The molecule has 2 rings (SSSR count). The van der Waals surface area contributed by atoms with E-state index in [1.54, 1.807) is 12.4 Å². The summed E-state index contributed by atoms with van der Waals surface area (Å²) in [5.74, 6) is 6.31. The SMILES string of the molecule is CC#CCCOc1nsnc1-c1cccnc1. The molecule has 0 N–H and O–H groups in total. The molecule has 0 aliphatic heterocycles. The Balaban J connectivity index is 2.09. The Labute approximate surface area is 104 Å². The topological polar surface area (TPSA) is 47.9 Å². The van der Waals surface area contributed by atoms with Gasteiger partial charge in [-0.05, 0) is 19.1 Å². The first-order valence-electron chi connectivity index (χ1n) is 5.17. The van der Waals surface area contributed by atoms with E-state index < -0.39 is 0 Å². The van der Waals surface area contributed by atoms with Gasteiger partial charge in [-0.1, -0.05) is 0 Å². The third-order valence-corrected chi connectivity index (χ3v) is 2.55. The molecular formula is C12H11N3OS. The van der Waals surface area contributed by atoms with E-state index in [4.69, 9.17) is 4.74 Å². The second-order valence-electron chi connectivity index (χ2n) is 3.18. The van der Waals surface area contributed by atoms with Crippen LogP contribution in [0.4, 0.5) is 0 Å². The third-order valence-electron chi connectivity index (χ3n) is 2.04. The van der Waals surface area contributed by atoms with Gasteiger partial charge in [-0.3, -0.25) is 4.98 Å². The van der Waals surface area contributed by atoms with Crippen molar-refractivity contribution in [3.05, 3.63) is 24.5 Å². The minimum absolute atomic E-state index is 0.527. The summed E-state index contributed by atoms with van der Waals surface area (Å²) in [5.41, 5.74) is 1.66. The molecule has 0 unspecified atom stereocenters. The van der Waals surface area contributed by atoms with Crippen LogP contribution in [-0.4, -0.2) is 20.3 Å². The van der Waals surface area contributed by atoms with Crippen molar-refractivity contribution in [2.24, 2.45) is 0 Å². The Morgan fingerprint density at radius 3 is 3.12 bits per heavy atom. The van der Waals surface area contributed by atoms with Gasteiger partial charge < -0.3 is 4.74 Å². The number of ether oxygens (including phenoxy) is 1. The highest BCUT2D eigenvalue weighted by Crippen LogP contribution is 2.26. The van der Waals surface area contributed by atoms with Gasteiger partial charge in [0.15, 0.2) is 0 Å². The molecule has 0 amide bonds. The van der Waals surface area contributed by atoms with Crippen molar-refractivity contribution in [1.82, 2.24) is 13.7 Å². The lowest BCUT2D eigenvalue weighted by Crippen LogP contribution is -1.97. The maximum absolute atomic E-state index is 5.54. The van der Waals surface area contributed by atoms with E-state index in [9.17, 15) is 0 Å². The van der Waals surface area contributed by atoms with Crippen molar-refractivity contribution in [1.29, 1.82) is 0 Å². The Morgan fingerprint density at radius 2 is 2.35 bits per heavy atom. The molecule has 0 radical (unpaired) electrons. The standard InChI is InChI=1S/C12H11N3OS/c1-2-3-4-8-16-12-11(14-17-15-12)10-6-5-7-13-9-10/h5-7,9H,4,8H2,1H3. The molecule has 17 heavy (non-hydrogen) atoms. The average molecular weight is 245 g/mol. The second-order valence-corrected chi connectivity index (χ2v) is 3.71. The molecule has 0 aromatic carbocycles. The normalized spacial score (nSPS) is 9.47. The molecule has 0 atom stereocenters. The number of aromatic nitrogens is 3. The van der Waals surface area contributed by atoms with Crippen LogP contribution < -0.4 is 4.74 Å². The van der Waals surface area contributed by atoms with Crippen LogP contribution >= 0.6 is 11.7 Å². The van der Waals surface area contributed by atoms with Gasteiger partial charge in [0.05, 0.1) is 11.7 Å². The first-order valence-corrected chi connectivity index (χ1v) is 5.90. The van der Waals surface area contributed by atoms with E-state index in [2.05, 4.69) is 25.6 Å². The van der Waals surface area contributed by atoms with Crippen LogP contribution in [0.3, 0.4) is 0 Å². The predicted molar refractivity (Wildman–Crippen MR) is 66.7 cm³/mol. The minimum atomic E-state index is 0.527. The molecule has 2 aromatic rings. The number of hydrogen-bond donors (Lipinski definition) is 0. The van der Waals surface area contributed by atoms with E-state index in [1.807, 2.05) is 19.1 Å². The van der Waals surface area contributed by atoms with Crippen molar-refractivity contribution in [2.75, 3.05) is 6.61 Å². The Hall–Kier alpha value is -1.93. The fourth-order valence-electron chi connectivity index (χ4n) is 1.28. The molecule has 5 heteroatoms. The van der Waals surface area contributed by atoms with Gasteiger partial charge in [0.2, 0.25) is 0 Å². The van der Waals surface area contributed by atoms with Crippen LogP contribution in [0, 0.1) is 11.8 Å². The zero-order valence-corrected chi connectivity index (χ0v) is 10.2. The smallest absolute Gasteiger partial charge is 0.254 e. The molecule has 0 fully saturated rings. The van der Waals surface area contributed by atoms with E-state index in [-0.39, 0.29) is 0 Å². The van der Waals surface area contributed by atoms with Crippen molar-refractivity contribution in [2.45, 2.75) is 13.3 Å². The molecule has 0 aliphatic rings. The van der Waals surface area contributed by atoms with Crippen molar-refractivity contribution >= 4 is 11.7 Å². The number of rotatable bonds is 4. The maximum atomic E-state index is 5.54. The molecule has 0 saturated carbocycles. The lowest BCUT2D eigenvalue weighted by atomic mass is 10.2. The van der Waals surface area contributed by atoms with E-state index in [0.29, 0.717) is 18.9 Å². The minimum Gasteiger partial charge on any atom is -0.474 e. The third kappa shape index (κ3) is 3.02. The van der Waals surface area contributed by atoms with Crippen molar-refractivity contribution in [3.8, 4) is 29.0 Å². The van der Waals surface area contributed by atoms with Crippen LogP contribution in [0.1, 0.15) is 13.3 Å². The van der Waals surface area contributed by atoms with Crippen LogP contribution in [0.2, 0.25) is 0 Å². The molecule has 0 spiro atoms. The molecular weight excluding hydrogens is 234 g/mol. The number of pyridine rings is 1. The lowest BCUT2D eigenvalue weighted by Gasteiger charge is -2.01. The summed E-state index contributed by atoms with van der Waals surface area (Å²) in [6.07, 6.45) is 4.16. The van der Waals surface area contributed by atoms with Crippen LogP contribution in [0.15, 0.2) is 24.5 Å². The van der Waals surface area contributed by atoms with Crippen LogP contribution in [-0.2, 0) is 0 Å². The summed E-state index contributed by atoms with van der Waals surface area (Å²) in [7, 11) is 0. The first kappa shape index (κ1) is 11.6. The highest BCUT2D eigenvalue weighted by Gasteiger charge is 2.11. The molecule has 0 aliphatic carbocycles. The summed E-state index contributed by atoms with van der Waals surface area (Å²) in [6.45, 7) is 2.34. The summed E-state index contributed by atoms with van der Waals surface area (Å²) >= 11 is 1.14. The van der Waals surface area contributed by atoms with Gasteiger partial charge in [0.1, 0.15) is 12.3 Å². The monoisotopic (exact) mass is 245 g/mol. The molecule has 86 valence electrons. The van der Waals surface area contributed by atoms with E-state index >= 15 is 0 Å². The maximum Gasteiger partial charge on any atom is 0.254 e. The summed E-state index contributed by atoms with van der Waals surface area (Å²) in [5, 5.41) is 0. The highest BCUT2D eigenvalue weighted by atomic mass is 32.1. The Kier molecular flexibility index (Phi) is 4.05. The zero-order chi connectivity index (χ0) is 11.9. The average Bonchev–Trinajstić information content (AvgIpc) is 2.84. The van der Waals surface area contributed by atoms with Gasteiger partial charge in [0, 0.05) is 24.4 Å². The van der Waals surface area contributed by atoms with E-state index in [1.165, 1.54) is 0 Å². The number of nitrogens with zero attached hydrogens (tertiary/aromatic N) is 3. The molecule has 0 saturated heterocycles. The van der Waals surface area contributed by atoms with Crippen molar-refractivity contribution < 1.29 is 4.74 Å². The van der Waals surface area contributed by atoms with Gasteiger partial charge >= 0.3 is 0 Å². The number of hydrogen-bond acceptors (Lipinski definition) is 5. The van der Waals surface area contributed by atoms with Gasteiger partial charge in [-0.25, -0.2) is 0 Å². The van der Waals surface area contributed by atoms with Gasteiger partial charge in [0.25, 0.3) is 5.88 Å². The quantitative estimate of drug-likeness (QED) is 0.613. The molecule has 0 bridgehead atoms. The summed E-state index contributed by atoms with van der Waals surface area (Å²) in [6, 6.07) is 3.80. The fraction of sp³-hybridized carbons (Fsp3) is 0.250. The molecule has 4 nitrogen and oxygen atoms in total. The summed E-state index contributed by atoms with van der Waals surface area (Å²) < 4.78 is 13.9. The van der Waals surface area contributed by atoms with E-state index in [0.717, 1.165) is 23.0 Å². The Bertz CT molecular complexity index is 527. The van der Waals surface area contributed by atoms with Crippen LogP contribution in [0.25, 0.3) is 11.3 Å². The predicted octanol–water partition coefficient (Wildman–Crippen LogP) is 2.39. The molecule has 2 aromatic heterocycles. The molecule has 2 heterocycles.